The number of amides is 1. The van der Waals surface area contributed by atoms with Gasteiger partial charge in [0.25, 0.3) is 5.91 Å². The maximum atomic E-state index is 11.9. The molecule has 0 aliphatic carbocycles. The Balaban J connectivity index is 1.87. The molecule has 0 heterocycles. The minimum Gasteiger partial charge on any atom is -0.488 e. The van der Waals surface area contributed by atoms with Crippen LogP contribution in [0.15, 0.2) is 54.6 Å². The van der Waals surface area contributed by atoms with Gasteiger partial charge in [0, 0.05) is 12.1 Å². The van der Waals surface area contributed by atoms with Gasteiger partial charge in [-0.05, 0) is 39.0 Å². The van der Waals surface area contributed by atoms with Gasteiger partial charge in [-0.15, -0.1) is 0 Å². The predicted molar refractivity (Wildman–Crippen MR) is 90.6 cm³/mol. The van der Waals surface area contributed by atoms with Crippen LogP contribution in [-0.2, 0) is 11.3 Å². The van der Waals surface area contributed by atoms with Crippen LogP contribution in [0.25, 0.3) is 0 Å². The van der Waals surface area contributed by atoms with E-state index in [1.807, 2.05) is 75.4 Å². The summed E-state index contributed by atoms with van der Waals surface area (Å²) in [5.74, 6) is 1.29. The van der Waals surface area contributed by atoms with E-state index in [0.29, 0.717) is 12.3 Å². The number of benzene rings is 2. The van der Waals surface area contributed by atoms with E-state index in [1.54, 1.807) is 0 Å². The second-order valence-electron chi connectivity index (χ2n) is 6.20. The van der Waals surface area contributed by atoms with E-state index in [0.717, 1.165) is 11.3 Å². The van der Waals surface area contributed by atoms with Crippen LogP contribution in [0.5, 0.6) is 11.5 Å². The molecule has 1 N–H and O–H groups in total. The summed E-state index contributed by atoms with van der Waals surface area (Å²) in [5.41, 5.74) is 0.659. The van der Waals surface area contributed by atoms with Gasteiger partial charge < -0.3 is 14.8 Å². The van der Waals surface area contributed by atoms with Gasteiger partial charge in [-0.25, -0.2) is 0 Å². The molecule has 2 rings (SSSR count). The fraction of sp³-hybridized carbons (Fsp3) is 0.316. The first kappa shape index (κ1) is 16.9. The van der Waals surface area contributed by atoms with E-state index in [1.165, 1.54) is 0 Å². The number of carbonyl (C=O) groups is 1. The molecule has 122 valence electrons. The average molecular weight is 313 g/mol. The van der Waals surface area contributed by atoms with Crippen molar-refractivity contribution in [2.45, 2.75) is 32.9 Å². The summed E-state index contributed by atoms with van der Waals surface area (Å²) in [5, 5.41) is 2.85. The highest BCUT2D eigenvalue weighted by Gasteiger charge is 2.14. The predicted octanol–water partition coefficient (Wildman–Crippen LogP) is 3.56. The first-order valence-electron chi connectivity index (χ1n) is 7.65. The van der Waals surface area contributed by atoms with Crippen LogP contribution in [0.3, 0.4) is 0 Å². The maximum absolute atomic E-state index is 11.9. The second kappa shape index (κ2) is 7.68. The summed E-state index contributed by atoms with van der Waals surface area (Å²) in [7, 11) is 0. The molecule has 2 aromatic carbocycles. The van der Waals surface area contributed by atoms with Gasteiger partial charge in [-0.1, -0.05) is 36.4 Å². The monoisotopic (exact) mass is 313 g/mol. The molecule has 23 heavy (non-hydrogen) atoms. The number of para-hydroxylation sites is 2. The average Bonchev–Trinajstić information content (AvgIpc) is 2.51. The number of carbonyl (C=O) groups excluding carboxylic acids is 1. The number of rotatable bonds is 6. The van der Waals surface area contributed by atoms with Crippen molar-refractivity contribution >= 4 is 5.91 Å². The van der Waals surface area contributed by atoms with Crippen LogP contribution in [0.2, 0.25) is 0 Å². The molecule has 0 bridgehead atoms. The lowest BCUT2D eigenvalue weighted by Gasteiger charge is -2.23. The first-order valence-corrected chi connectivity index (χ1v) is 7.65. The zero-order chi connectivity index (χ0) is 16.7. The van der Waals surface area contributed by atoms with Crippen molar-refractivity contribution in [1.82, 2.24) is 5.32 Å². The Bertz CT molecular complexity index is 633. The Kier molecular flexibility index (Phi) is 5.63. The summed E-state index contributed by atoms with van der Waals surface area (Å²) in [6, 6.07) is 17.0. The number of hydrogen-bond acceptors (Lipinski definition) is 3. The summed E-state index contributed by atoms with van der Waals surface area (Å²) < 4.78 is 11.3. The summed E-state index contributed by atoms with van der Waals surface area (Å²) in [4.78, 5) is 11.9. The number of hydrogen-bond donors (Lipinski definition) is 1. The number of nitrogens with one attached hydrogen (secondary N) is 1. The normalized spacial score (nSPS) is 10.9. The van der Waals surface area contributed by atoms with Crippen molar-refractivity contribution in [2.24, 2.45) is 0 Å². The van der Waals surface area contributed by atoms with Gasteiger partial charge in [0.15, 0.2) is 6.61 Å². The van der Waals surface area contributed by atoms with Crippen molar-refractivity contribution in [1.29, 1.82) is 0 Å². The van der Waals surface area contributed by atoms with E-state index >= 15 is 0 Å². The highest BCUT2D eigenvalue weighted by atomic mass is 16.5. The SMILES string of the molecule is CC(C)(C)Oc1ccccc1CNC(=O)COc1ccccc1. The maximum Gasteiger partial charge on any atom is 0.258 e. The summed E-state index contributed by atoms with van der Waals surface area (Å²) >= 11 is 0. The van der Waals surface area contributed by atoms with E-state index in [-0.39, 0.29) is 18.1 Å². The quantitative estimate of drug-likeness (QED) is 0.887. The molecule has 0 aromatic heterocycles. The Morgan fingerprint density at radius 1 is 1.00 bits per heavy atom. The van der Waals surface area contributed by atoms with E-state index in [9.17, 15) is 4.79 Å². The molecule has 4 heteroatoms. The van der Waals surface area contributed by atoms with Crippen LogP contribution >= 0.6 is 0 Å². The van der Waals surface area contributed by atoms with Crippen LogP contribution in [-0.4, -0.2) is 18.1 Å². The largest absolute Gasteiger partial charge is 0.488 e. The smallest absolute Gasteiger partial charge is 0.258 e. The Hall–Kier alpha value is -2.49. The zero-order valence-electron chi connectivity index (χ0n) is 13.8. The lowest BCUT2D eigenvalue weighted by atomic mass is 10.1. The molecule has 0 saturated carbocycles. The molecule has 0 aliphatic rings. The fourth-order valence-corrected chi connectivity index (χ4v) is 1.99. The molecule has 2 aromatic rings. The fourth-order valence-electron chi connectivity index (χ4n) is 1.99. The third-order valence-electron chi connectivity index (χ3n) is 2.98. The number of ether oxygens (including phenoxy) is 2. The zero-order valence-corrected chi connectivity index (χ0v) is 13.8. The van der Waals surface area contributed by atoms with Gasteiger partial charge in [0.05, 0.1) is 0 Å². The van der Waals surface area contributed by atoms with Crippen molar-refractivity contribution in [3.8, 4) is 11.5 Å². The van der Waals surface area contributed by atoms with Crippen LogP contribution in [0.1, 0.15) is 26.3 Å². The standard InChI is InChI=1S/C19H23NO3/c1-19(2,3)23-17-12-8-7-9-15(17)13-20-18(21)14-22-16-10-5-4-6-11-16/h4-12H,13-14H2,1-3H3,(H,20,21). The third kappa shape index (κ3) is 6.02. The van der Waals surface area contributed by atoms with Gasteiger partial charge >= 0.3 is 0 Å². The van der Waals surface area contributed by atoms with E-state index in [4.69, 9.17) is 9.47 Å². The van der Waals surface area contributed by atoms with Gasteiger partial charge in [-0.2, -0.15) is 0 Å². The second-order valence-corrected chi connectivity index (χ2v) is 6.20. The van der Waals surface area contributed by atoms with Gasteiger partial charge in [-0.3, -0.25) is 4.79 Å². The molecule has 0 spiro atoms. The molecule has 1 amide bonds. The molecular weight excluding hydrogens is 290 g/mol. The topological polar surface area (TPSA) is 47.6 Å². The van der Waals surface area contributed by atoms with E-state index < -0.39 is 0 Å². The van der Waals surface area contributed by atoms with Crippen LogP contribution in [0, 0.1) is 0 Å². The molecule has 4 nitrogen and oxygen atoms in total. The molecular formula is C19H23NO3. The van der Waals surface area contributed by atoms with Crippen molar-refractivity contribution in [2.75, 3.05) is 6.61 Å². The molecule has 0 unspecified atom stereocenters. The highest BCUT2D eigenvalue weighted by Crippen LogP contribution is 2.22. The molecule has 0 atom stereocenters. The Morgan fingerprint density at radius 2 is 1.65 bits per heavy atom. The first-order chi connectivity index (χ1) is 10.9. The molecule has 0 aliphatic heterocycles. The van der Waals surface area contributed by atoms with Crippen LogP contribution in [0.4, 0.5) is 0 Å². The van der Waals surface area contributed by atoms with Crippen molar-refractivity contribution < 1.29 is 14.3 Å². The molecule has 0 fully saturated rings. The molecule has 0 saturated heterocycles. The molecule has 0 radical (unpaired) electrons. The third-order valence-corrected chi connectivity index (χ3v) is 2.98. The summed E-state index contributed by atoms with van der Waals surface area (Å²) in [6.07, 6.45) is 0. The van der Waals surface area contributed by atoms with Gasteiger partial charge in [0.1, 0.15) is 17.1 Å². The Morgan fingerprint density at radius 3 is 2.35 bits per heavy atom. The lowest BCUT2D eigenvalue weighted by molar-refractivity contribution is -0.123. The highest BCUT2D eigenvalue weighted by molar-refractivity contribution is 5.77. The van der Waals surface area contributed by atoms with Crippen molar-refractivity contribution in [3.05, 3.63) is 60.2 Å². The lowest BCUT2D eigenvalue weighted by Crippen LogP contribution is -2.29. The van der Waals surface area contributed by atoms with Crippen LogP contribution < -0.4 is 14.8 Å². The van der Waals surface area contributed by atoms with Gasteiger partial charge in [0.2, 0.25) is 0 Å². The minimum atomic E-state index is -0.281. The Labute approximate surface area is 137 Å². The van der Waals surface area contributed by atoms with E-state index in [2.05, 4.69) is 5.32 Å². The summed E-state index contributed by atoms with van der Waals surface area (Å²) in [6.45, 7) is 6.39. The van der Waals surface area contributed by atoms with Crippen molar-refractivity contribution in [3.63, 3.8) is 0 Å². The minimum absolute atomic E-state index is 0.00763.